The molecule has 4 aromatic rings. The van der Waals surface area contributed by atoms with Crippen LogP contribution >= 0.6 is 0 Å². The molecule has 0 bridgehead atoms. The lowest BCUT2D eigenvalue weighted by Crippen LogP contribution is -2.47. The standard InChI is InChI=1S/C21H25N7/c1-21(2,3)18-15-27-14-16(4-5-19(27)24-18)25-10-12-26(13-11-25)20-17-6-7-23-28(17)9-8-22-20/h4-9,14-15H,10-13H2,1-3H3. The van der Waals surface area contributed by atoms with Gasteiger partial charge in [0.25, 0.3) is 0 Å². The minimum absolute atomic E-state index is 0.0551. The van der Waals surface area contributed by atoms with Gasteiger partial charge in [0.15, 0.2) is 5.82 Å². The van der Waals surface area contributed by atoms with Crippen molar-refractivity contribution < 1.29 is 0 Å². The molecule has 4 aromatic heterocycles. The molecule has 0 N–H and O–H groups in total. The Bertz CT molecular complexity index is 1130. The predicted octanol–water partition coefficient (Wildman–Crippen LogP) is 3.00. The van der Waals surface area contributed by atoms with Crippen molar-refractivity contribution in [1.29, 1.82) is 0 Å². The zero-order valence-corrected chi connectivity index (χ0v) is 16.6. The fourth-order valence-corrected chi connectivity index (χ4v) is 3.79. The Morgan fingerprint density at radius 3 is 2.46 bits per heavy atom. The molecule has 7 nitrogen and oxygen atoms in total. The summed E-state index contributed by atoms with van der Waals surface area (Å²) in [5.41, 5.74) is 4.48. The van der Waals surface area contributed by atoms with Crippen molar-refractivity contribution in [3.05, 3.63) is 54.9 Å². The van der Waals surface area contributed by atoms with Crippen molar-refractivity contribution >= 4 is 22.7 Å². The van der Waals surface area contributed by atoms with Gasteiger partial charge in [0.2, 0.25) is 0 Å². The van der Waals surface area contributed by atoms with Gasteiger partial charge in [-0.1, -0.05) is 20.8 Å². The van der Waals surface area contributed by atoms with E-state index in [1.54, 1.807) is 0 Å². The van der Waals surface area contributed by atoms with Crippen molar-refractivity contribution in [2.75, 3.05) is 36.0 Å². The van der Waals surface area contributed by atoms with Gasteiger partial charge in [-0.25, -0.2) is 14.5 Å². The molecule has 144 valence electrons. The van der Waals surface area contributed by atoms with Crippen LogP contribution in [0, 0.1) is 0 Å². The molecule has 5 heterocycles. The third-order valence-corrected chi connectivity index (χ3v) is 5.45. The summed E-state index contributed by atoms with van der Waals surface area (Å²) in [5, 5.41) is 4.32. The molecule has 0 atom stereocenters. The van der Waals surface area contributed by atoms with E-state index in [9.17, 15) is 0 Å². The molecule has 0 spiro atoms. The van der Waals surface area contributed by atoms with Crippen LogP contribution in [0.4, 0.5) is 11.5 Å². The molecule has 28 heavy (non-hydrogen) atoms. The number of pyridine rings is 1. The average Bonchev–Trinajstić information content (AvgIpc) is 3.34. The maximum atomic E-state index is 4.77. The summed E-state index contributed by atoms with van der Waals surface area (Å²) >= 11 is 0. The Morgan fingerprint density at radius 1 is 0.893 bits per heavy atom. The fourth-order valence-electron chi connectivity index (χ4n) is 3.79. The molecule has 0 saturated carbocycles. The van der Waals surface area contributed by atoms with E-state index in [4.69, 9.17) is 4.98 Å². The first-order valence-corrected chi connectivity index (χ1v) is 9.76. The summed E-state index contributed by atoms with van der Waals surface area (Å²) in [7, 11) is 0. The molecule has 1 saturated heterocycles. The van der Waals surface area contributed by atoms with Crippen molar-refractivity contribution in [2.45, 2.75) is 26.2 Å². The molecular formula is C21H25N7. The first-order chi connectivity index (χ1) is 13.5. The minimum Gasteiger partial charge on any atom is -0.367 e. The molecule has 1 aliphatic heterocycles. The highest BCUT2D eigenvalue weighted by molar-refractivity contribution is 5.68. The summed E-state index contributed by atoms with van der Waals surface area (Å²) in [6, 6.07) is 6.32. The van der Waals surface area contributed by atoms with Crippen molar-refractivity contribution in [1.82, 2.24) is 24.0 Å². The minimum atomic E-state index is 0.0551. The lowest BCUT2D eigenvalue weighted by Gasteiger charge is -2.36. The first-order valence-electron chi connectivity index (χ1n) is 9.76. The maximum absolute atomic E-state index is 4.77. The van der Waals surface area contributed by atoms with Crippen LogP contribution in [0.15, 0.2) is 49.2 Å². The van der Waals surface area contributed by atoms with Crippen LogP contribution in [0.25, 0.3) is 11.2 Å². The highest BCUT2D eigenvalue weighted by atomic mass is 15.3. The predicted molar refractivity (Wildman–Crippen MR) is 111 cm³/mol. The van der Waals surface area contributed by atoms with E-state index in [-0.39, 0.29) is 5.41 Å². The molecule has 1 aliphatic rings. The number of fused-ring (bicyclic) bond motifs is 2. The molecule has 0 aliphatic carbocycles. The topological polar surface area (TPSA) is 54.0 Å². The van der Waals surface area contributed by atoms with E-state index in [1.807, 2.05) is 29.2 Å². The Morgan fingerprint density at radius 2 is 1.68 bits per heavy atom. The van der Waals surface area contributed by atoms with E-state index >= 15 is 0 Å². The normalized spacial score (nSPS) is 15.7. The summed E-state index contributed by atoms with van der Waals surface area (Å²) in [6.07, 6.45) is 9.88. The second kappa shape index (κ2) is 6.22. The smallest absolute Gasteiger partial charge is 0.154 e. The second-order valence-electron chi connectivity index (χ2n) is 8.41. The lowest BCUT2D eigenvalue weighted by atomic mass is 9.93. The number of anilines is 2. The highest BCUT2D eigenvalue weighted by Crippen LogP contribution is 2.25. The van der Waals surface area contributed by atoms with Gasteiger partial charge in [-0.15, -0.1) is 0 Å². The Kier molecular flexibility index (Phi) is 3.79. The molecular weight excluding hydrogens is 350 g/mol. The number of hydrogen-bond acceptors (Lipinski definition) is 5. The van der Waals surface area contributed by atoms with Crippen LogP contribution in [0.3, 0.4) is 0 Å². The van der Waals surface area contributed by atoms with E-state index in [1.165, 1.54) is 5.69 Å². The van der Waals surface area contributed by atoms with Gasteiger partial charge in [-0.05, 0) is 18.2 Å². The lowest BCUT2D eigenvalue weighted by molar-refractivity contribution is 0.573. The number of piperazine rings is 1. The van der Waals surface area contributed by atoms with Gasteiger partial charge in [0.05, 0.1) is 17.6 Å². The molecule has 1 fully saturated rings. The van der Waals surface area contributed by atoms with E-state index in [0.717, 1.165) is 48.9 Å². The van der Waals surface area contributed by atoms with Crippen molar-refractivity contribution in [2.24, 2.45) is 0 Å². The highest BCUT2D eigenvalue weighted by Gasteiger charge is 2.22. The number of rotatable bonds is 2. The van der Waals surface area contributed by atoms with Crippen LogP contribution in [0.1, 0.15) is 26.5 Å². The van der Waals surface area contributed by atoms with Gasteiger partial charge in [-0.3, -0.25) is 0 Å². The van der Waals surface area contributed by atoms with E-state index < -0.39 is 0 Å². The van der Waals surface area contributed by atoms with Gasteiger partial charge in [-0.2, -0.15) is 5.10 Å². The number of nitrogens with zero attached hydrogens (tertiary/aromatic N) is 7. The number of hydrogen-bond donors (Lipinski definition) is 0. The molecule has 0 amide bonds. The summed E-state index contributed by atoms with van der Waals surface area (Å²) in [5.74, 6) is 1.01. The van der Waals surface area contributed by atoms with Gasteiger partial charge in [0, 0.05) is 56.4 Å². The third-order valence-electron chi connectivity index (χ3n) is 5.45. The van der Waals surface area contributed by atoms with E-state index in [0.29, 0.717) is 0 Å². The molecule has 0 aromatic carbocycles. The monoisotopic (exact) mass is 375 g/mol. The largest absolute Gasteiger partial charge is 0.367 e. The van der Waals surface area contributed by atoms with Crippen molar-refractivity contribution in [3.8, 4) is 0 Å². The Hall–Kier alpha value is -3.09. The number of aromatic nitrogens is 5. The first kappa shape index (κ1) is 17.0. The SMILES string of the molecule is CC(C)(C)c1cn2cc(N3CCN(c4nccn5nccc45)CC3)ccc2n1. The summed E-state index contributed by atoms with van der Waals surface area (Å²) in [6.45, 7) is 10.4. The van der Waals surface area contributed by atoms with Crippen LogP contribution in [-0.2, 0) is 5.41 Å². The maximum Gasteiger partial charge on any atom is 0.154 e. The van der Waals surface area contributed by atoms with Gasteiger partial charge in [0.1, 0.15) is 11.2 Å². The Balaban J connectivity index is 1.36. The van der Waals surface area contributed by atoms with Crippen LogP contribution in [-0.4, -0.2) is 50.2 Å². The van der Waals surface area contributed by atoms with Gasteiger partial charge < -0.3 is 14.2 Å². The van der Waals surface area contributed by atoms with Crippen LogP contribution < -0.4 is 9.80 Å². The fraction of sp³-hybridized carbons (Fsp3) is 0.381. The third kappa shape index (κ3) is 2.87. The molecule has 7 heteroatoms. The quantitative estimate of drug-likeness (QED) is 0.539. The molecule has 0 unspecified atom stereocenters. The summed E-state index contributed by atoms with van der Waals surface area (Å²) in [4.78, 5) is 14.1. The zero-order chi connectivity index (χ0) is 19.3. The van der Waals surface area contributed by atoms with Crippen LogP contribution in [0.2, 0.25) is 0 Å². The number of imidazole rings is 1. The molecule has 5 rings (SSSR count). The van der Waals surface area contributed by atoms with Crippen molar-refractivity contribution in [3.63, 3.8) is 0 Å². The van der Waals surface area contributed by atoms with Crippen LogP contribution in [0.5, 0.6) is 0 Å². The van der Waals surface area contributed by atoms with Gasteiger partial charge >= 0.3 is 0 Å². The summed E-state index contributed by atoms with van der Waals surface area (Å²) < 4.78 is 4.03. The molecule has 0 radical (unpaired) electrons. The zero-order valence-electron chi connectivity index (χ0n) is 16.6. The Labute approximate surface area is 164 Å². The van der Waals surface area contributed by atoms with E-state index in [2.05, 4.69) is 69.6 Å². The average molecular weight is 375 g/mol. The second-order valence-corrected chi connectivity index (χ2v) is 8.41.